The van der Waals surface area contributed by atoms with E-state index in [1.807, 2.05) is 19.9 Å². The topological polar surface area (TPSA) is 53.2 Å². The highest BCUT2D eigenvalue weighted by molar-refractivity contribution is 6.04. The first-order valence-corrected chi connectivity index (χ1v) is 8.67. The number of hydrogen-bond donors (Lipinski definition) is 1. The summed E-state index contributed by atoms with van der Waals surface area (Å²) in [7, 11) is 0. The van der Waals surface area contributed by atoms with Gasteiger partial charge in [0.25, 0.3) is 0 Å². The summed E-state index contributed by atoms with van der Waals surface area (Å²) in [5, 5.41) is 0. The Morgan fingerprint density at radius 1 is 1.16 bits per heavy atom. The van der Waals surface area contributed by atoms with Gasteiger partial charge >= 0.3 is 0 Å². The van der Waals surface area contributed by atoms with Gasteiger partial charge in [0, 0.05) is 24.3 Å². The molecule has 1 aromatic carbocycles. The normalized spacial score (nSPS) is 15.1. The highest BCUT2D eigenvalue weighted by Crippen LogP contribution is 2.23. The van der Waals surface area contributed by atoms with Gasteiger partial charge in [0.05, 0.1) is 12.2 Å². The van der Waals surface area contributed by atoms with Crippen LogP contribution in [0.15, 0.2) is 36.4 Å². The minimum atomic E-state index is -0.00120. The van der Waals surface area contributed by atoms with E-state index in [1.165, 1.54) is 18.1 Å². The summed E-state index contributed by atoms with van der Waals surface area (Å²) in [6.07, 6.45) is 3.15. The second-order valence-corrected chi connectivity index (χ2v) is 6.68. The quantitative estimate of drug-likeness (QED) is 0.845. The summed E-state index contributed by atoms with van der Waals surface area (Å²) in [5.74, 6) is 0.0448. The highest BCUT2D eigenvalue weighted by Gasteiger charge is 2.22. The monoisotopic (exact) mass is 336 g/mol. The van der Waals surface area contributed by atoms with Gasteiger partial charge in [-0.25, -0.2) is 0 Å². The van der Waals surface area contributed by atoms with Crippen LogP contribution in [0.3, 0.4) is 0 Å². The average Bonchev–Trinajstić information content (AvgIpc) is 2.91. The van der Waals surface area contributed by atoms with E-state index >= 15 is 0 Å². The van der Waals surface area contributed by atoms with Crippen molar-refractivity contribution in [1.82, 2.24) is 9.88 Å². The Hall–Kier alpha value is -2.46. The minimum absolute atomic E-state index is 0.00120. The zero-order chi connectivity index (χ0) is 18.0. The first-order valence-electron chi connectivity index (χ1n) is 8.67. The molecule has 2 heterocycles. The van der Waals surface area contributed by atoms with Crippen molar-refractivity contribution in [3.63, 3.8) is 0 Å². The lowest BCUT2D eigenvalue weighted by atomic mass is 9.99. The van der Waals surface area contributed by atoms with E-state index in [0.29, 0.717) is 17.8 Å². The maximum Gasteiger partial charge on any atom is 0.193 e. The number of benzene rings is 1. The number of hydrogen-bond acceptors (Lipinski definition) is 3. The molecule has 0 fully saturated rings. The molecule has 4 heteroatoms. The molecule has 1 aliphatic heterocycles. The molecule has 3 rings (SSSR count). The molecule has 0 saturated carbocycles. The van der Waals surface area contributed by atoms with Crippen LogP contribution in [0.4, 0.5) is 0 Å². The molecule has 0 aliphatic carbocycles. The van der Waals surface area contributed by atoms with Gasteiger partial charge < -0.3 is 4.98 Å². The molecule has 0 amide bonds. The number of nitrogens with zero attached hydrogens (tertiary/aromatic N) is 1. The van der Waals surface area contributed by atoms with Crippen LogP contribution in [0.25, 0.3) is 5.57 Å². The van der Waals surface area contributed by atoms with E-state index in [2.05, 4.69) is 40.2 Å². The lowest BCUT2D eigenvalue weighted by Crippen LogP contribution is -2.33. The predicted octanol–water partition coefficient (Wildman–Crippen LogP) is 3.81. The molecule has 0 unspecified atom stereocenters. The van der Waals surface area contributed by atoms with Crippen LogP contribution >= 0.6 is 0 Å². The van der Waals surface area contributed by atoms with Crippen molar-refractivity contribution in [3.05, 3.63) is 64.5 Å². The van der Waals surface area contributed by atoms with Crippen LogP contribution < -0.4 is 0 Å². The van der Waals surface area contributed by atoms with Crippen molar-refractivity contribution in [3.8, 4) is 0 Å². The summed E-state index contributed by atoms with van der Waals surface area (Å²) in [4.78, 5) is 29.7. The molecule has 0 bridgehead atoms. The van der Waals surface area contributed by atoms with Crippen molar-refractivity contribution in [2.45, 2.75) is 27.2 Å². The first-order chi connectivity index (χ1) is 12.0. The summed E-state index contributed by atoms with van der Waals surface area (Å²) in [6, 6.07) is 10.4. The number of carbonyl (C=O) groups is 2. The van der Waals surface area contributed by atoms with Crippen molar-refractivity contribution in [2.24, 2.45) is 0 Å². The van der Waals surface area contributed by atoms with E-state index in [9.17, 15) is 9.59 Å². The molecular formula is C21H24N2O2. The number of carbonyl (C=O) groups excluding carboxylic acids is 2. The second kappa shape index (κ2) is 7.19. The second-order valence-electron chi connectivity index (χ2n) is 6.68. The van der Waals surface area contributed by atoms with Crippen molar-refractivity contribution < 1.29 is 9.59 Å². The van der Waals surface area contributed by atoms with E-state index in [-0.39, 0.29) is 11.6 Å². The number of ketones is 2. The third-order valence-corrected chi connectivity index (χ3v) is 4.87. The lowest BCUT2D eigenvalue weighted by Gasteiger charge is -2.25. The van der Waals surface area contributed by atoms with Crippen LogP contribution in [-0.2, 0) is 0 Å². The summed E-state index contributed by atoms with van der Waals surface area (Å²) in [5.41, 5.74) is 5.37. The van der Waals surface area contributed by atoms with Crippen LogP contribution in [-0.4, -0.2) is 41.1 Å². The smallest absolute Gasteiger partial charge is 0.193 e. The lowest BCUT2D eigenvalue weighted by molar-refractivity contribution is 0.0932. The fourth-order valence-corrected chi connectivity index (χ4v) is 3.61. The zero-order valence-corrected chi connectivity index (χ0v) is 15.1. The minimum Gasteiger partial charge on any atom is -0.355 e. The maximum atomic E-state index is 12.7. The summed E-state index contributed by atoms with van der Waals surface area (Å²) >= 11 is 0. The van der Waals surface area contributed by atoms with Crippen LogP contribution in [0.1, 0.15) is 51.0 Å². The van der Waals surface area contributed by atoms with Gasteiger partial charge in [-0.2, -0.15) is 0 Å². The molecule has 25 heavy (non-hydrogen) atoms. The molecule has 0 saturated heterocycles. The molecule has 4 nitrogen and oxygen atoms in total. The van der Waals surface area contributed by atoms with Crippen LogP contribution in [0, 0.1) is 13.8 Å². The summed E-state index contributed by atoms with van der Waals surface area (Å²) < 4.78 is 0. The van der Waals surface area contributed by atoms with Crippen LogP contribution in [0.5, 0.6) is 0 Å². The molecule has 0 atom stereocenters. The Bertz CT molecular complexity index is 831. The van der Waals surface area contributed by atoms with Crippen molar-refractivity contribution in [2.75, 3.05) is 19.6 Å². The number of H-pyrrole nitrogens is 1. The van der Waals surface area contributed by atoms with E-state index < -0.39 is 0 Å². The largest absolute Gasteiger partial charge is 0.355 e. The zero-order valence-electron chi connectivity index (χ0n) is 15.1. The van der Waals surface area contributed by atoms with Crippen LogP contribution in [0.2, 0.25) is 0 Å². The first kappa shape index (κ1) is 17.4. The average molecular weight is 336 g/mol. The molecule has 2 aromatic rings. The molecule has 0 radical (unpaired) electrons. The van der Waals surface area contributed by atoms with Gasteiger partial charge in [-0.05, 0) is 43.9 Å². The predicted molar refractivity (Wildman–Crippen MR) is 100 cm³/mol. The SMILES string of the molecule is CC(=O)c1c(C)[nH]c(C(=O)CN2CC=C(c3ccccc3)CC2)c1C. The third-order valence-electron chi connectivity index (χ3n) is 4.87. The number of aromatic nitrogens is 1. The summed E-state index contributed by atoms with van der Waals surface area (Å²) in [6.45, 7) is 7.24. The molecule has 0 spiro atoms. The number of nitrogens with one attached hydrogen (secondary N) is 1. The Morgan fingerprint density at radius 2 is 1.88 bits per heavy atom. The number of Topliss-reactive ketones (excluding diaryl/α,β-unsaturated/α-hetero) is 2. The standard InChI is InChI=1S/C21H24N2O2/c1-14-20(16(3)24)15(2)22-21(14)19(25)13-23-11-9-18(10-12-23)17-7-5-4-6-8-17/h4-9,22H,10-13H2,1-3H3. The Balaban J connectivity index is 1.68. The third kappa shape index (κ3) is 3.64. The molecule has 130 valence electrons. The number of aryl methyl sites for hydroxylation is 1. The molecule has 1 N–H and O–H groups in total. The van der Waals surface area contributed by atoms with Crippen molar-refractivity contribution >= 4 is 17.1 Å². The van der Waals surface area contributed by atoms with Crippen molar-refractivity contribution in [1.29, 1.82) is 0 Å². The van der Waals surface area contributed by atoms with Gasteiger partial charge in [-0.3, -0.25) is 14.5 Å². The Morgan fingerprint density at radius 3 is 2.44 bits per heavy atom. The molecular weight excluding hydrogens is 312 g/mol. The molecule has 1 aliphatic rings. The van der Waals surface area contributed by atoms with Gasteiger partial charge in [0.1, 0.15) is 0 Å². The Kier molecular flexibility index (Phi) is 5.00. The van der Waals surface area contributed by atoms with E-state index in [4.69, 9.17) is 0 Å². The Labute approximate surface area is 148 Å². The van der Waals surface area contributed by atoms with E-state index in [0.717, 1.165) is 30.8 Å². The van der Waals surface area contributed by atoms with Gasteiger partial charge in [0.2, 0.25) is 0 Å². The number of aromatic amines is 1. The fraction of sp³-hybridized carbons (Fsp3) is 0.333. The highest BCUT2D eigenvalue weighted by atomic mass is 16.1. The fourth-order valence-electron chi connectivity index (χ4n) is 3.61. The molecule has 1 aromatic heterocycles. The van der Waals surface area contributed by atoms with E-state index in [1.54, 1.807) is 0 Å². The van der Waals surface area contributed by atoms with Gasteiger partial charge in [-0.1, -0.05) is 36.4 Å². The maximum absolute atomic E-state index is 12.7. The van der Waals surface area contributed by atoms with Gasteiger partial charge in [0.15, 0.2) is 11.6 Å². The van der Waals surface area contributed by atoms with Gasteiger partial charge in [-0.15, -0.1) is 0 Å². The number of rotatable bonds is 5.